The van der Waals surface area contributed by atoms with Gasteiger partial charge in [0.05, 0.1) is 5.60 Å². The standard InChI is InChI=1S/C13H21NO.ClH/c1-10(2)14-9-13(4,15)12-7-5-11(3)6-8-12;/h5-8,10,14-15H,9H2,1-4H3;1H/p-1. The Labute approximate surface area is 104 Å². The lowest BCUT2D eigenvalue weighted by molar-refractivity contribution is -0.0000104. The van der Waals surface area contributed by atoms with Crippen LogP contribution in [0.4, 0.5) is 0 Å². The predicted octanol–water partition coefficient (Wildman–Crippen LogP) is -0.795. The highest BCUT2D eigenvalue weighted by Gasteiger charge is 2.22. The molecule has 0 bridgehead atoms. The Morgan fingerprint density at radius 2 is 1.75 bits per heavy atom. The summed E-state index contributed by atoms with van der Waals surface area (Å²) in [4.78, 5) is 0. The molecule has 3 heteroatoms. The smallest absolute Gasteiger partial charge is 0.0992 e. The molecule has 0 heterocycles. The molecule has 0 amide bonds. The monoisotopic (exact) mass is 242 g/mol. The summed E-state index contributed by atoms with van der Waals surface area (Å²) >= 11 is 0. The van der Waals surface area contributed by atoms with Crippen molar-refractivity contribution in [1.29, 1.82) is 0 Å². The van der Waals surface area contributed by atoms with E-state index >= 15 is 0 Å². The molecule has 0 aliphatic rings. The molecule has 0 radical (unpaired) electrons. The minimum atomic E-state index is -0.794. The van der Waals surface area contributed by atoms with Crippen LogP contribution >= 0.6 is 0 Å². The Balaban J connectivity index is 0.00000225. The van der Waals surface area contributed by atoms with E-state index in [1.165, 1.54) is 5.56 Å². The third kappa shape index (κ3) is 4.52. The van der Waals surface area contributed by atoms with Crippen molar-refractivity contribution in [3.05, 3.63) is 35.4 Å². The van der Waals surface area contributed by atoms with Crippen molar-refractivity contribution < 1.29 is 17.5 Å². The van der Waals surface area contributed by atoms with Crippen LogP contribution in [0.2, 0.25) is 0 Å². The van der Waals surface area contributed by atoms with Gasteiger partial charge in [-0.3, -0.25) is 0 Å². The van der Waals surface area contributed by atoms with Crippen molar-refractivity contribution in [2.24, 2.45) is 0 Å². The van der Waals surface area contributed by atoms with Gasteiger partial charge in [0.1, 0.15) is 0 Å². The van der Waals surface area contributed by atoms with Crippen molar-refractivity contribution >= 4 is 0 Å². The molecule has 0 aromatic heterocycles. The molecule has 16 heavy (non-hydrogen) atoms. The van der Waals surface area contributed by atoms with E-state index in [2.05, 4.69) is 19.2 Å². The molecule has 1 atom stereocenters. The van der Waals surface area contributed by atoms with Gasteiger partial charge in [-0.05, 0) is 19.4 Å². The normalized spacial score (nSPS) is 14.4. The molecule has 0 aliphatic heterocycles. The number of hydrogen-bond donors (Lipinski definition) is 2. The van der Waals surface area contributed by atoms with Crippen LogP contribution in [0.3, 0.4) is 0 Å². The predicted molar refractivity (Wildman–Crippen MR) is 63.9 cm³/mol. The third-order valence-corrected chi connectivity index (χ3v) is 2.53. The molecular formula is C13H21ClNO-. The first-order valence-electron chi connectivity index (χ1n) is 5.45. The van der Waals surface area contributed by atoms with E-state index in [4.69, 9.17) is 0 Å². The van der Waals surface area contributed by atoms with Crippen LogP contribution in [0, 0.1) is 6.92 Å². The number of halogens is 1. The van der Waals surface area contributed by atoms with Gasteiger partial charge in [0.15, 0.2) is 0 Å². The fraction of sp³-hybridized carbons (Fsp3) is 0.538. The van der Waals surface area contributed by atoms with Crippen LogP contribution in [-0.2, 0) is 5.60 Å². The van der Waals surface area contributed by atoms with Crippen LogP contribution in [-0.4, -0.2) is 17.7 Å². The molecule has 92 valence electrons. The lowest BCUT2D eigenvalue weighted by Gasteiger charge is -2.25. The van der Waals surface area contributed by atoms with Crippen molar-refractivity contribution in [2.75, 3.05) is 6.54 Å². The Morgan fingerprint density at radius 3 is 2.19 bits per heavy atom. The molecule has 0 spiro atoms. The molecule has 0 saturated carbocycles. The van der Waals surface area contributed by atoms with Crippen LogP contribution in [0.5, 0.6) is 0 Å². The Hall–Kier alpha value is -0.570. The zero-order valence-corrected chi connectivity index (χ0v) is 11.2. The number of aliphatic hydroxyl groups is 1. The number of aryl methyl sites for hydroxylation is 1. The molecular weight excluding hydrogens is 222 g/mol. The summed E-state index contributed by atoms with van der Waals surface area (Å²) in [5.41, 5.74) is 1.38. The first-order valence-corrected chi connectivity index (χ1v) is 5.45. The maximum absolute atomic E-state index is 10.3. The fourth-order valence-electron chi connectivity index (χ4n) is 1.42. The fourth-order valence-corrected chi connectivity index (χ4v) is 1.42. The molecule has 1 aromatic rings. The molecule has 2 N–H and O–H groups in total. The second-order valence-corrected chi connectivity index (χ2v) is 4.68. The number of hydrogen-bond acceptors (Lipinski definition) is 2. The van der Waals surface area contributed by atoms with Gasteiger partial charge in [-0.25, -0.2) is 0 Å². The minimum Gasteiger partial charge on any atom is -1.00 e. The zero-order chi connectivity index (χ0) is 11.5. The van der Waals surface area contributed by atoms with Gasteiger partial charge in [-0.2, -0.15) is 0 Å². The number of benzene rings is 1. The van der Waals surface area contributed by atoms with Crippen molar-refractivity contribution in [1.82, 2.24) is 5.32 Å². The van der Waals surface area contributed by atoms with E-state index in [9.17, 15) is 5.11 Å². The van der Waals surface area contributed by atoms with Crippen LogP contribution < -0.4 is 17.7 Å². The second-order valence-electron chi connectivity index (χ2n) is 4.68. The van der Waals surface area contributed by atoms with Crippen molar-refractivity contribution in [2.45, 2.75) is 39.3 Å². The van der Waals surface area contributed by atoms with Gasteiger partial charge in [0, 0.05) is 12.6 Å². The van der Waals surface area contributed by atoms with Crippen molar-refractivity contribution in [3.63, 3.8) is 0 Å². The maximum Gasteiger partial charge on any atom is 0.0992 e. The summed E-state index contributed by atoms with van der Waals surface area (Å²) < 4.78 is 0. The minimum absolute atomic E-state index is 0. The summed E-state index contributed by atoms with van der Waals surface area (Å²) in [7, 11) is 0. The first-order chi connectivity index (χ1) is 6.92. The highest BCUT2D eigenvalue weighted by atomic mass is 35.5. The highest BCUT2D eigenvalue weighted by Crippen LogP contribution is 2.20. The van der Waals surface area contributed by atoms with E-state index < -0.39 is 5.60 Å². The highest BCUT2D eigenvalue weighted by molar-refractivity contribution is 5.26. The number of rotatable bonds is 4. The topological polar surface area (TPSA) is 32.3 Å². The van der Waals surface area contributed by atoms with Gasteiger partial charge in [-0.1, -0.05) is 43.7 Å². The summed E-state index contributed by atoms with van der Waals surface area (Å²) in [6, 6.07) is 8.41. The van der Waals surface area contributed by atoms with E-state index in [0.29, 0.717) is 12.6 Å². The molecule has 1 aromatic carbocycles. The van der Waals surface area contributed by atoms with Gasteiger partial charge in [-0.15, -0.1) is 0 Å². The summed E-state index contributed by atoms with van der Waals surface area (Å²) in [5.74, 6) is 0. The maximum atomic E-state index is 10.3. The van der Waals surface area contributed by atoms with Gasteiger partial charge in [0.2, 0.25) is 0 Å². The van der Waals surface area contributed by atoms with Gasteiger partial charge >= 0.3 is 0 Å². The first kappa shape index (κ1) is 15.4. The van der Waals surface area contributed by atoms with Gasteiger partial charge < -0.3 is 22.8 Å². The number of nitrogens with one attached hydrogen (secondary N) is 1. The molecule has 0 aliphatic carbocycles. The molecule has 2 nitrogen and oxygen atoms in total. The quantitative estimate of drug-likeness (QED) is 0.725. The Morgan fingerprint density at radius 1 is 1.25 bits per heavy atom. The summed E-state index contributed by atoms with van der Waals surface area (Å²) in [6.07, 6.45) is 0. The lowest BCUT2D eigenvalue weighted by Crippen LogP contribution is -3.00. The van der Waals surface area contributed by atoms with E-state index in [0.717, 1.165) is 5.56 Å². The summed E-state index contributed by atoms with van der Waals surface area (Å²) in [6.45, 7) is 8.61. The lowest BCUT2D eigenvalue weighted by atomic mass is 9.95. The molecule has 0 fully saturated rings. The van der Waals surface area contributed by atoms with Gasteiger partial charge in [0.25, 0.3) is 0 Å². The summed E-state index contributed by atoms with van der Waals surface area (Å²) in [5, 5.41) is 13.5. The molecule has 1 rings (SSSR count). The van der Waals surface area contributed by atoms with Crippen molar-refractivity contribution in [3.8, 4) is 0 Å². The molecule has 1 unspecified atom stereocenters. The van der Waals surface area contributed by atoms with E-state index in [-0.39, 0.29) is 12.4 Å². The SMILES string of the molecule is Cc1ccc(C(C)(O)CNC(C)C)cc1.[Cl-]. The largest absolute Gasteiger partial charge is 1.00 e. The third-order valence-electron chi connectivity index (χ3n) is 2.53. The Kier molecular flexibility index (Phi) is 6.01. The second kappa shape index (κ2) is 6.24. The molecule has 0 saturated heterocycles. The average Bonchev–Trinajstić information content (AvgIpc) is 2.16. The Bertz CT molecular complexity index is 306. The zero-order valence-electron chi connectivity index (χ0n) is 10.4. The van der Waals surface area contributed by atoms with Crippen LogP contribution in [0.1, 0.15) is 31.9 Å². The average molecular weight is 243 g/mol. The van der Waals surface area contributed by atoms with Crippen LogP contribution in [0.15, 0.2) is 24.3 Å². The van der Waals surface area contributed by atoms with E-state index in [1.807, 2.05) is 38.1 Å². The van der Waals surface area contributed by atoms with E-state index in [1.54, 1.807) is 0 Å². The van der Waals surface area contributed by atoms with Crippen LogP contribution in [0.25, 0.3) is 0 Å².